The summed E-state index contributed by atoms with van der Waals surface area (Å²) in [4.78, 5) is 10.0. The van der Waals surface area contributed by atoms with Gasteiger partial charge in [-0.25, -0.2) is 9.97 Å². The van der Waals surface area contributed by atoms with Crippen LogP contribution in [0.3, 0.4) is 0 Å². The Bertz CT molecular complexity index is 1730. The molecule has 0 fully saturated rings. The number of benzene rings is 5. The molecule has 37 heavy (non-hydrogen) atoms. The fourth-order valence-electron chi connectivity index (χ4n) is 5.73. The van der Waals surface area contributed by atoms with E-state index in [9.17, 15) is 0 Å². The summed E-state index contributed by atoms with van der Waals surface area (Å²) >= 11 is 0. The van der Waals surface area contributed by atoms with Crippen LogP contribution in [0.4, 0.5) is 0 Å². The van der Waals surface area contributed by atoms with Crippen LogP contribution in [0, 0.1) is 0 Å². The van der Waals surface area contributed by atoms with Crippen LogP contribution < -0.4 is 0 Å². The van der Waals surface area contributed by atoms with E-state index in [-0.39, 0.29) is 5.41 Å². The summed E-state index contributed by atoms with van der Waals surface area (Å²) in [5, 5.41) is 2.60. The van der Waals surface area contributed by atoms with Gasteiger partial charge in [-0.1, -0.05) is 123 Å². The number of hydrogen-bond acceptors (Lipinski definition) is 2. The van der Waals surface area contributed by atoms with E-state index in [2.05, 4.69) is 111 Å². The summed E-state index contributed by atoms with van der Waals surface area (Å²) < 4.78 is 0. The van der Waals surface area contributed by atoms with Crippen LogP contribution in [0.1, 0.15) is 25.0 Å². The monoisotopic (exact) mass is 474 g/mol. The van der Waals surface area contributed by atoms with Gasteiger partial charge in [0.1, 0.15) is 0 Å². The van der Waals surface area contributed by atoms with Gasteiger partial charge in [-0.2, -0.15) is 0 Å². The fourth-order valence-corrected chi connectivity index (χ4v) is 5.73. The van der Waals surface area contributed by atoms with Gasteiger partial charge in [0.25, 0.3) is 0 Å². The van der Waals surface area contributed by atoms with Crippen molar-refractivity contribution in [3.05, 3.63) is 132 Å². The van der Waals surface area contributed by atoms with Crippen LogP contribution in [0.5, 0.6) is 0 Å². The van der Waals surface area contributed by atoms with Crippen LogP contribution in [-0.4, -0.2) is 9.97 Å². The Kier molecular flexibility index (Phi) is 4.84. The molecule has 5 aromatic carbocycles. The summed E-state index contributed by atoms with van der Waals surface area (Å²) in [7, 11) is 0. The number of nitrogens with zero attached hydrogens (tertiary/aromatic N) is 2. The lowest BCUT2D eigenvalue weighted by molar-refractivity contribution is 0.661. The Balaban J connectivity index is 1.43. The zero-order valence-electron chi connectivity index (χ0n) is 20.9. The van der Waals surface area contributed by atoms with E-state index in [1.807, 2.05) is 24.3 Å². The van der Waals surface area contributed by atoms with Gasteiger partial charge in [0.15, 0.2) is 5.82 Å². The van der Waals surface area contributed by atoms with Crippen molar-refractivity contribution in [1.29, 1.82) is 0 Å². The molecule has 1 heterocycles. The number of aromatic nitrogens is 2. The van der Waals surface area contributed by atoms with Crippen molar-refractivity contribution in [2.24, 2.45) is 0 Å². The van der Waals surface area contributed by atoms with E-state index < -0.39 is 0 Å². The maximum atomic E-state index is 5.06. The SMILES string of the molecule is CC1(C)c2cc(-c3cc(-c4ccccc4)nc(-c4ccccc4)n3)ccc2-c2c1ccc1ccccc21. The van der Waals surface area contributed by atoms with E-state index in [1.54, 1.807) is 0 Å². The Hall–Kier alpha value is -4.56. The molecule has 0 bridgehead atoms. The average Bonchev–Trinajstić information content (AvgIpc) is 3.20. The largest absolute Gasteiger partial charge is 0.228 e. The zero-order chi connectivity index (χ0) is 25.0. The maximum Gasteiger partial charge on any atom is 0.160 e. The van der Waals surface area contributed by atoms with Crippen molar-refractivity contribution < 1.29 is 0 Å². The first-order valence-corrected chi connectivity index (χ1v) is 12.8. The van der Waals surface area contributed by atoms with Gasteiger partial charge in [-0.05, 0) is 45.2 Å². The minimum atomic E-state index is -0.0950. The molecule has 0 aliphatic heterocycles. The first kappa shape index (κ1) is 21.7. The normalized spacial score (nSPS) is 13.4. The third-order valence-electron chi connectivity index (χ3n) is 7.69. The van der Waals surface area contributed by atoms with Gasteiger partial charge < -0.3 is 0 Å². The van der Waals surface area contributed by atoms with Gasteiger partial charge in [0, 0.05) is 22.1 Å². The van der Waals surface area contributed by atoms with Gasteiger partial charge in [0.05, 0.1) is 11.4 Å². The lowest BCUT2D eigenvalue weighted by Crippen LogP contribution is -2.15. The minimum Gasteiger partial charge on any atom is -0.228 e. The van der Waals surface area contributed by atoms with Crippen molar-refractivity contribution >= 4 is 10.8 Å². The lowest BCUT2D eigenvalue weighted by atomic mass is 9.81. The minimum absolute atomic E-state index is 0.0950. The first-order chi connectivity index (χ1) is 18.1. The molecule has 0 radical (unpaired) electrons. The third kappa shape index (κ3) is 3.48. The van der Waals surface area contributed by atoms with E-state index in [4.69, 9.17) is 9.97 Å². The molecule has 2 nitrogen and oxygen atoms in total. The molecule has 7 rings (SSSR count). The highest BCUT2D eigenvalue weighted by Crippen LogP contribution is 2.52. The van der Waals surface area contributed by atoms with Crippen LogP contribution in [-0.2, 0) is 5.41 Å². The van der Waals surface area contributed by atoms with Crippen LogP contribution >= 0.6 is 0 Å². The van der Waals surface area contributed by atoms with Gasteiger partial charge >= 0.3 is 0 Å². The predicted molar refractivity (Wildman–Crippen MR) is 153 cm³/mol. The molecule has 1 aromatic heterocycles. The Morgan fingerprint density at radius 1 is 0.514 bits per heavy atom. The van der Waals surface area contributed by atoms with Crippen molar-refractivity contribution in [2.45, 2.75) is 19.3 Å². The second kappa shape index (κ2) is 8.25. The zero-order valence-corrected chi connectivity index (χ0v) is 20.9. The Morgan fingerprint density at radius 2 is 1.16 bits per heavy atom. The molecule has 2 heteroatoms. The standard InChI is InChI=1S/C35H26N2/c1-35(2)29-20-18-23-11-9-10-16-27(23)33(29)28-19-17-26(21-30(28)35)32-22-31(24-12-5-3-6-13-24)36-34(37-32)25-14-7-4-8-15-25/h3-22H,1-2H3. The molecule has 0 saturated heterocycles. The molecule has 0 spiro atoms. The molecule has 0 saturated carbocycles. The van der Waals surface area contributed by atoms with Crippen molar-refractivity contribution in [3.63, 3.8) is 0 Å². The molecule has 176 valence electrons. The fraction of sp³-hybridized carbons (Fsp3) is 0.0857. The highest BCUT2D eigenvalue weighted by Gasteiger charge is 2.36. The van der Waals surface area contributed by atoms with E-state index in [1.165, 1.54) is 33.0 Å². The highest BCUT2D eigenvalue weighted by molar-refractivity contribution is 6.02. The van der Waals surface area contributed by atoms with Crippen LogP contribution in [0.15, 0.2) is 121 Å². The smallest absolute Gasteiger partial charge is 0.160 e. The molecule has 0 unspecified atom stereocenters. The summed E-state index contributed by atoms with van der Waals surface area (Å²) in [5.74, 6) is 0.742. The van der Waals surface area contributed by atoms with Crippen molar-refractivity contribution in [3.8, 4) is 45.0 Å². The number of fused-ring (bicyclic) bond motifs is 5. The number of hydrogen-bond donors (Lipinski definition) is 0. The Morgan fingerprint density at radius 3 is 1.92 bits per heavy atom. The molecular weight excluding hydrogens is 448 g/mol. The van der Waals surface area contributed by atoms with Crippen molar-refractivity contribution in [1.82, 2.24) is 9.97 Å². The van der Waals surface area contributed by atoms with Crippen LogP contribution in [0.25, 0.3) is 55.8 Å². The van der Waals surface area contributed by atoms with E-state index in [0.29, 0.717) is 0 Å². The van der Waals surface area contributed by atoms with Gasteiger partial charge in [-0.15, -0.1) is 0 Å². The summed E-state index contributed by atoms with van der Waals surface area (Å²) in [6.07, 6.45) is 0. The quantitative estimate of drug-likeness (QED) is 0.256. The molecule has 1 aliphatic rings. The van der Waals surface area contributed by atoms with Crippen LogP contribution in [0.2, 0.25) is 0 Å². The van der Waals surface area contributed by atoms with Gasteiger partial charge in [0.2, 0.25) is 0 Å². The number of rotatable bonds is 3. The van der Waals surface area contributed by atoms with Gasteiger partial charge in [-0.3, -0.25) is 0 Å². The van der Waals surface area contributed by atoms with E-state index >= 15 is 0 Å². The van der Waals surface area contributed by atoms with Crippen molar-refractivity contribution in [2.75, 3.05) is 0 Å². The first-order valence-electron chi connectivity index (χ1n) is 12.8. The average molecular weight is 475 g/mol. The second-order valence-corrected chi connectivity index (χ2v) is 10.3. The highest BCUT2D eigenvalue weighted by atomic mass is 14.9. The summed E-state index contributed by atoms with van der Waals surface area (Å²) in [5.41, 5.74) is 10.4. The van der Waals surface area contributed by atoms with E-state index in [0.717, 1.165) is 33.9 Å². The second-order valence-electron chi connectivity index (χ2n) is 10.3. The summed E-state index contributed by atoms with van der Waals surface area (Å²) in [6, 6.07) is 42.8. The molecule has 1 aliphatic carbocycles. The molecule has 6 aromatic rings. The predicted octanol–water partition coefficient (Wildman–Crippen LogP) is 8.94. The maximum absolute atomic E-state index is 5.06. The summed E-state index contributed by atoms with van der Waals surface area (Å²) in [6.45, 7) is 4.67. The molecule has 0 amide bonds. The lowest BCUT2D eigenvalue weighted by Gasteiger charge is -2.22. The topological polar surface area (TPSA) is 25.8 Å². The Labute approximate surface area is 217 Å². The molecule has 0 atom stereocenters. The third-order valence-corrected chi connectivity index (χ3v) is 7.69. The molecular formula is C35H26N2. The molecule has 0 N–H and O–H groups in total.